The van der Waals surface area contributed by atoms with E-state index in [0.717, 1.165) is 10.2 Å². The van der Waals surface area contributed by atoms with Gasteiger partial charge in [-0.2, -0.15) is 5.10 Å². The largest absolute Gasteiger partial charge is 0.391 e. The molecule has 0 aliphatic carbocycles. The van der Waals surface area contributed by atoms with Crippen molar-refractivity contribution in [2.75, 3.05) is 5.88 Å². The molecule has 0 saturated heterocycles. The number of hydrogen-bond donors (Lipinski definition) is 1. The van der Waals surface area contributed by atoms with Crippen LogP contribution in [0.1, 0.15) is 5.69 Å². The monoisotopic (exact) mass is 252 g/mol. The van der Waals surface area contributed by atoms with Crippen LogP contribution in [0.25, 0.3) is 0 Å². The van der Waals surface area contributed by atoms with E-state index in [2.05, 4.69) is 21.0 Å². The topological polar surface area (TPSA) is 38.0 Å². The molecule has 12 heavy (non-hydrogen) atoms. The number of aryl methyl sites for hydroxylation is 1. The highest BCUT2D eigenvalue weighted by molar-refractivity contribution is 9.10. The van der Waals surface area contributed by atoms with Crippen molar-refractivity contribution in [2.45, 2.75) is 12.5 Å². The van der Waals surface area contributed by atoms with Gasteiger partial charge in [0.1, 0.15) is 0 Å². The van der Waals surface area contributed by atoms with Crippen LogP contribution in [-0.4, -0.2) is 26.9 Å². The summed E-state index contributed by atoms with van der Waals surface area (Å²) in [6.07, 6.45) is 1.73. The normalized spacial score (nSPS) is 13.3. The molecule has 0 saturated carbocycles. The molecule has 0 aliphatic rings. The van der Waals surface area contributed by atoms with Gasteiger partial charge in [0.15, 0.2) is 0 Å². The molecular weight excluding hydrogens is 243 g/mol. The van der Waals surface area contributed by atoms with E-state index in [9.17, 15) is 5.11 Å². The third kappa shape index (κ3) is 2.21. The van der Waals surface area contributed by atoms with Gasteiger partial charge in [-0.3, -0.25) is 4.68 Å². The molecule has 1 unspecified atom stereocenters. The molecule has 1 rings (SSSR count). The molecule has 0 fully saturated rings. The van der Waals surface area contributed by atoms with Crippen LogP contribution in [0.2, 0.25) is 0 Å². The van der Waals surface area contributed by atoms with Crippen molar-refractivity contribution < 1.29 is 5.11 Å². The average Bonchev–Trinajstić information content (AvgIpc) is 2.35. The van der Waals surface area contributed by atoms with Crippen molar-refractivity contribution in [3.63, 3.8) is 0 Å². The van der Waals surface area contributed by atoms with Crippen molar-refractivity contribution in [1.29, 1.82) is 0 Å². The molecule has 0 aromatic carbocycles. The van der Waals surface area contributed by atoms with E-state index in [1.165, 1.54) is 0 Å². The Morgan fingerprint density at radius 1 is 1.83 bits per heavy atom. The number of hydrogen-bond acceptors (Lipinski definition) is 2. The van der Waals surface area contributed by atoms with E-state index >= 15 is 0 Å². The summed E-state index contributed by atoms with van der Waals surface area (Å²) in [4.78, 5) is 0. The van der Waals surface area contributed by atoms with Crippen molar-refractivity contribution in [1.82, 2.24) is 9.78 Å². The molecule has 0 aliphatic heterocycles. The zero-order chi connectivity index (χ0) is 9.14. The number of aliphatic hydroxyl groups excluding tert-OH is 1. The highest BCUT2D eigenvalue weighted by atomic mass is 79.9. The first-order chi connectivity index (χ1) is 5.65. The van der Waals surface area contributed by atoms with Gasteiger partial charge in [-0.25, -0.2) is 0 Å². The Kier molecular flexibility index (Phi) is 3.55. The number of halogens is 2. The maximum absolute atomic E-state index is 9.28. The summed E-state index contributed by atoms with van der Waals surface area (Å²) in [5.74, 6) is 0.248. The van der Waals surface area contributed by atoms with Crippen molar-refractivity contribution in [3.05, 3.63) is 16.4 Å². The quantitative estimate of drug-likeness (QED) is 0.825. The maximum atomic E-state index is 9.28. The van der Waals surface area contributed by atoms with Crippen molar-refractivity contribution in [2.24, 2.45) is 7.05 Å². The Balaban J connectivity index is 2.73. The van der Waals surface area contributed by atoms with Gasteiger partial charge in [0.05, 0.1) is 22.5 Å². The highest BCUT2D eigenvalue weighted by Crippen LogP contribution is 2.16. The van der Waals surface area contributed by atoms with E-state index < -0.39 is 6.10 Å². The summed E-state index contributed by atoms with van der Waals surface area (Å²) in [6.45, 7) is 0. The van der Waals surface area contributed by atoms with E-state index in [0.29, 0.717) is 6.42 Å². The molecule has 0 amide bonds. The minimum atomic E-state index is -0.502. The van der Waals surface area contributed by atoms with Gasteiger partial charge in [0, 0.05) is 19.3 Å². The van der Waals surface area contributed by atoms with Gasteiger partial charge in [-0.15, -0.1) is 11.6 Å². The summed E-state index contributed by atoms with van der Waals surface area (Å²) in [5.41, 5.74) is 0.961. The standard InChI is InChI=1S/C7H10BrClN2O/c1-11-7(2-5(12)3-9)6(8)4-10-11/h4-5,12H,2-3H2,1H3. The zero-order valence-corrected chi connectivity index (χ0v) is 9.01. The third-order valence-electron chi connectivity index (χ3n) is 1.62. The van der Waals surface area contributed by atoms with E-state index in [-0.39, 0.29) is 5.88 Å². The molecule has 1 aromatic heterocycles. The SMILES string of the molecule is Cn1ncc(Br)c1CC(O)CCl. The van der Waals surface area contributed by atoms with Gasteiger partial charge in [-0.1, -0.05) is 0 Å². The molecule has 0 radical (unpaired) electrons. The van der Waals surface area contributed by atoms with Crippen LogP contribution in [0, 0.1) is 0 Å². The fourth-order valence-corrected chi connectivity index (χ4v) is 1.56. The number of nitrogens with zero attached hydrogens (tertiary/aromatic N) is 2. The summed E-state index contributed by atoms with van der Waals surface area (Å²) in [7, 11) is 1.83. The smallest absolute Gasteiger partial charge is 0.0731 e. The van der Waals surface area contributed by atoms with Crippen LogP contribution in [0.4, 0.5) is 0 Å². The van der Waals surface area contributed by atoms with Gasteiger partial charge < -0.3 is 5.11 Å². The number of alkyl halides is 1. The van der Waals surface area contributed by atoms with Crippen LogP contribution >= 0.6 is 27.5 Å². The summed E-state index contributed by atoms with van der Waals surface area (Å²) in [5, 5.41) is 13.3. The van der Waals surface area contributed by atoms with E-state index in [1.54, 1.807) is 10.9 Å². The second kappa shape index (κ2) is 4.25. The van der Waals surface area contributed by atoms with Gasteiger partial charge in [0.2, 0.25) is 0 Å². The third-order valence-corrected chi connectivity index (χ3v) is 2.64. The number of aromatic nitrogens is 2. The molecule has 1 atom stereocenters. The lowest BCUT2D eigenvalue weighted by molar-refractivity contribution is 0.196. The minimum Gasteiger partial charge on any atom is -0.391 e. The second-order valence-electron chi connectivity index (χ2n) is 2.58. The van der Waals surface area contributed by atoms with Gasteiger partial charge >= 0.3 is 0 Å². The zero-order valence-electron chi connectivity index (χ0n) is 6.67. The predicted molar refractivity (Wildman–Crippen MR) is 51.3 cm³/mol. The Morgan fingerprint density at radius 3 is 2.92 bits per heavy atom. The highest BCUT2D eigenvalue weighted by Gasteiger charge is 2.10. The molecule has 3 nitrogen and oxygen atoms in total. The Labute approximate surface area is 84.5 Å². The first kappa shape index (κ1) is 10.0. The summed E-state index contributed by atoms with van der Waals surface area (Å²) >= 11 is 8.82. The van der Waals surface area contributed by atoms with Crippen LogP contribution < -0.4 is 0 Å². The Bertz CT molecular complexity index is 244. The molecule has 1 aromatic rings. The lowest BCUT2D eigenvalue weighted by atomic mass is 10.2. The first-order valence-electron chi connectivity index (χ1n) is 3.55. The lowest BCUT2D eigenvalue weighted by Gasteiger charge is -2.06. The van der Waals surface area contributed by atoms with Crippen molar-refractivity contribution >= 4 is 27.5 Å². The fraction of sp³-hybridized carbons (Fsp3) is 0.571. The molecule has 68 valence electrons. The number of aliphatic hydroxyl groups is 1. The summed E-state index contributed by atoms with van der Waals surface area (Å²) < 4.78 is 2.63. The minimum absolute atomic E-state index is 0.248. The van der Waals surface area contributed by atoms with Crippen LogP contribution in [0.15, 0.2) is 10.7 Å². The van der Waals surface area contributed by atoms with Crippen LogP contribution in [-0.2, 0) is 13.5 Å². The van der Waals surface area contributed by atoms with Gasteiger partial charge in [0.25, 0.3) is 0 Å². The number of rotatable bonds is 3. The predicted octanol–water partition coefficient (Wildman–Crippen LogP) is 1.32. The van der Waals surface area contributed by atoms with E-state index in [1.807, 2.05) is 7.05 Å². The van der Waals surface area contributed by atoms with Gasteiger partial charge in [-0.05, 0) is 15.9 Å². The fourth-order valence-electron chi connectivity index (χ4n) is 0.943. The molecule has 0 bridgehead atoms. The van der Waals surface area contributed by atoms with Crippen LogP contribution in [0.3, 0.4) is 0 Å². The maximum Gasteiger partial charge on any atom is 0.0731 e. The summed E-state index contributed by atoms with van der Waals surface area (Å²) in [6, 6.07) is 0. The molecule has 5 heteroatoms. The first-order valence-corrected chi connectivity index (χ1v) is 4.88. The van der Waals surface area contributed by atoms with E-state index in [4.69, 9.17) is 11.6 Å². The van der Waals surface area contributed by atoms with Crippen molar-refractivity contribution in [3.8, 4) is 0 Å². The average molecular weight is 254 g/mol. The molecule has 0 spiro atoms. The molecular formula is C7H10BrClN2O. The molecule has 1 heterocycles. The second-order valence-corrected chi connectivity index (χ2v) is 3.74. The molecule has 1 N–H and O–H groups in total. The lowest BCUT2D eigenvalue weighted by Crippen LogP contribution is -2.14. The Hall–Kier alpha value is -0.0600. The Morgan fingerprint density at radius 2 is 2.50 bits per heavy atom. The van der Waals surface area contributed by atoms with Crippen LogP contribution in [0.5, 0.6) is 0 Å².